The van der Waals surface area contributed by atoms with Crippen molar-refractivity contribution < 1.29 is 4.79 Å². The lowest BCUT2D eigenvalue weighted by atomic mass is 10.2. The monoisotopic (exact) mass is 417 g/mol. The van der Waals surface area contributed by atoms with E-state index in [0.29, 0.717) is 22.3 Å². The molecule has 0 aliphatic carbocycles. The lowest BCUT2D eigenvalue weighted by Crippen LogP contribution is -2.33. The van der Waals surface area contributed by atoms with Crippen LogP contribution in [0.25, 0.3) is 10.8 Å². The number of fused-ring (bicyclic) bond motifs is 1. The lowest BCUT2D eigenvalue weighted by Gasteiger charge is -2.08. The number of halogens is 1. The SMILES string of the molecule is O=C(CCn1[nH]c(=O)c2ccccc2c1=O)NCCSCc1ccc(Cl)cc1. The Morgan fingerprint density at radius 3 is 2.54 bits per heavy atom. The molecule has 0 aliphatic heterocycles. The van der Waals surface area contributed by atoms with Crippen LogP contribution in [0, 0.1) is 0 Å². The molecule has 0 aliphatic rings. The minimum atomic E-state index is -0.339. The minimum Gasteiger partial charge on any atom is -0.355 e. The van der Waals surface area contributed by atoms with Crippen LogP contribution in [-0.2, 0) is 17.1 Å². The average molecular weight is 418 g/mol. The van der Waals surface area contributed by atoms with E-state index in [1.807, 2.05) is 24.3 Å². The molecule has 3 rings (SSSR count). The number of aryl methyl sites for hydroxylation is 1. The van der Waals surface area contributed by atoms with E-state index in [-0.39, 0.29) is 30.0 Å². The largest absolute Gasteiger partial charge is 0.355 e. The summed E-state index contributed by atoms with van der Waals surface area (Å²) >= 11 is 7.57. The number of H-pyrrole nitrogens is 1. The van der Waals surface area contributed by atoms with E-state index >= 15 is 0 Å². The Labute approximate surface area is 170 Å². The molecule has 3 aromatic rings. The summed E-state index contributed by atoms with van der Waals surface area (Å²) in [7, 11) is 0. The van der Waals surface area contributed by atoms with Crippen molar-refractivity contribution in [2.24, 2.45) is 0 Å². The van der Waals surface area contributed by atoms with Gasteiger partial charge < -0.3 is 5.32 Å². The van der Waals surface area contributed by atoms with E-state index in [0.717, 1.165) is 11.5 Å². The van der Waals surface area contributed by atoms with Crippen LogP contribution < -0.4 is 16.4 Å². The molecule has 146 valence electrons. The number of rotatable bonds is 8. The van der Waals surface area contributed by atoms with Crippen LogP contribution in [0.5, 0.6) is 0 Å². The van der Waals surface area contributed by atoms with Crippen molar-refractivity contribution in [3.05, 3.63) is 79.8 Å². The molecule has 2 aromatic carbocycles. The molecule has 28 heavy (non-hydrogen) atoms. The van der Waals surface area contributed by atoms with Crippen molar-refractivity contribution in [2.75, 3.05) is 12.3 Å². The Balaban J connectivity index is 1.44. The third-order valence-corrected chi connectivity index (χ3v) is 5.48. The first-order chi connectivity index (χ1) is 13.5. The van der Waals surface area contributed by atoms with Gasteiger partial charge in [0.25, 0.3) is 11.1 Å². The third kappa shape index (κ3) is 5.27. The topological polar surface area (TPSA) is 84.0 Å². The van der Waals surface area contributed by atoms with Crippen LogP contribution in [0.2, 0.25) is 5.02 Å². The normalized spacial score (nSPS) is 10.9. The first kappa shape index (κ1) is 20.2. The van der Waals surface area contributed by atoms with Gasteiger partial charge in [-0.3, -0.25) is 19.5 Å². The minimum absolute atomic E-state index is 0.121. The van der Waals surface area contributed by atoms with Gasteiger partial charge in [0, 0.05) is 29.5 Å². The maximum Gasteiger partial charge on any atom is 0.273 e. The molecule has 0 saturated heterocycles. The summed E-state index contributed by atoms with van der Waals surface area (Å²) in [5, 5.41) is 6.78. The van der Waals surface area contributed by atoms with Gasteiger partial charge in [-0.05, 0) is 29.8 Å². The summed E-state index contributed by atoms with van der Waals surface area (Å²) in [6.45, 7) is 0.670. The highest BCUT2D eigenvalue weighted by Crippen LogP contribution is 2.15. The molecular formula is C20H20ClN3O3S. The van der Waals surface area contributed by atoms with Gasteiger partial charge in [-0.2, -0.15) is 11.8 Å². The number of aromatic amines is 1. The van der Waals surface area contributed by atoms with Gasteiger partial charge in [0.1, 0.15) is 0 Å². The Morgan fingerprint density at radius 1 is 1.07 bits per heavy atom. The van der Waals surface area contributed by atoms with Crippen molar-refractivity contribution >= 4 is 40.0 Å². The summed E-state index contributed by atoms with van der Waals surface area (Å²) in [5.41, 5.74) is 0.538. The number of benzene rings is 2. The molecule has 6 nitrogen and oxygen atoms in total. The molecule has 1 aromatic heterocycles. The third-order valence-electron chi connectivity index (χ3n) is 4.20. The second kappa shape index (κ2) is 9.61. The first-order valence-corrected chi connectivity index (χ1v) is 10.4. The number of hydrogen-bond acceptors (Lipinski definition) is 4. The van der Waals surface area contributed by atoms with E-state index in [1.165, 1.54) is 10.2 Å². The van der Waals surface area contributed by atoms with E-state index in [9.17, 15) is 14.4 Å². The number of hydrogen-bond donors (Lipinski definition) is 2. The highest BCUT2D eigenvalue weighted by Gasteiger charge is 2.08. The number of nitrogens with zero attached hydrogens (tertiary/aromatic N) is 1. The summed E-state index contributed by atoms with van der Waals surface area (Å²) in [6, 6.07) is 14.3. The quantitative estimate of drug-likeness (QED) is 0.552. The molecule has 0 bridgehead atoms. The van der Waals surface area contributed by atoms with E-state index in [2.05, 4.69) is 10.4 Å². The number of nitrogens with one attached hydrogen (secondary N) is 2. The van der Waals surface area contributed by atoms with Gasteiger partial charge in [-0.25, -0.2) is 4.68 Å². The Hall–Kier alpha value is -2.51. The van der Waals surface area contributed by atoms with Gasteiger partial charge in [-0.15, -0.1) is 0 Å². The standard InChI is InChI=1S/C20H20ClN3O3S/c21-15-7-5-14(6-8-15)13-28-12-10-22-18(25)9-11-24-20(27)17-4-2-1-3-16(17)19(26)23-24/h1-8H,9-13H2,(H,22,25)(H,23,26). The molecule has 2 N–H and O–H groups in total. The molecule has 0 saturated carbocycles. The van der Waals surface area contributed by atoms with Crippen LogP contribution in [-0.4, -0.2) is 28.0 Å². The van der Waals surface area contributed by atoms with Crippen LogP contribution in [0.3, 0.4) is 0 Å². The molecule has 1 amide bonds. The molecular weight excluding hydrogens is 398 g/mol. The molecule has 0 radical (unpaired) electrons. The molecule has 0 atom stereocenters. The van der Waals surface area contributed by atoms with E-state index < -0.39 is 0 Å². The maximum atomic E-state index is 12.4. The summed E-state index contributed by atoms with van der Waals surface area (Å²) in [6.07, 6.45) is 0.121. The number of thioether (sulfide) groups is 1. The maximum absolute atomic E-state index is 12.4. The van der Waals surface area contributed by atoms with Crippen LogP contribution in [0.4, 0.5) is 0 Å². The fraction of sp³-hybridized carbons (Fsp3) is 0.250. The zero-order valence-electron chi connectivity index (χ0n) is 15.1. The second-order valence-electron chi connectivity index (χ2n) is 6.22. The van der Waals surface area contributed by atoms with E-state index in [4.69, 9.17) is 11.6 Å². The smallest absolute Gasteiger partial charge is 0.273 e. The lowest BCUT2D eigenvalue weighted by molar-refractivity contribution is -0.121. The van der Waals surface area contributed by atoms with E-state index in [1.54, 1.807) is 36.0 Å². The molecule has 0 fully saturated rings. The van der Waals surface area contributed by atoms with Crippen molar-refractivity contribution in [1.82, 2.24) is 15.1 Å². The Bertz CT molecular complexity index is 1080. The second-order valence-corrected chi connectivity index (χ2v) is 7.76. The fourth-order valence-corrected chi connectivity index (χ4v) is 3.68. The fourth-order valence-electron chi connectivity index (χ4n) is 2.74. The zero-order valence-corrected chi connectivity index (χ0v) is 16.7. The van der Waals surface area contributed by atoms with Crippen LogP contribution in [0.1, 0.15) is 12.0 Å². The summed E-state index contributed by atoms with van der Waals surface area (Å²) in [4.78, 5) is 36.5. The molecule has 0 unspecified atom stereocenters. The zero-order chi connectivity index (χ0) is 19.9. The van der Waals surface area contributed by atoms with Gasteiger partial charge in [0.2, 0.25) is 5.91 Å². The highest BCUT2D eigenvalue weighted by atomic mass is 35.5. The number of carbonyl (C=O) groups excluding carboxylic acids is 1. The number of carbonyl (C=O) groups is 1. The Kier molecular flexibility index (Phi) is 6.95. The van der Waals surface area contributed by atoms with Crippen molar-refractivity contribution in [3.63, 3.8) is 0 Å². The van der Waals surface area contributed by atoms with Gasteiger partial charge in [0.15, 0.2) is 0 Å². The molecule has 0 spiro atoms. The van der Waals surface area contributed by atoms with Crippen molar-refractivity contribution in [2.45, 2.75) is 18.7 Å². The van der Waals surface area contributed by atoms with Gasteiger partial charge in [0.05, 0.1) is 17.3 Å². The Morgan fingerprint density at radius 2 is 1.79 bits per heavy atom. The number of amides is 1. The molecule has 8 heteroatoms. The van der Waals surface area contributed by atoms with Gasteiger partial charge >= 0.3 is 0 Å². The van der Waals surface area contributed by atoms with Crippen molar-refractivity contribution in [1.29, 1.82) is 0 Å². The van der Waals surface area contributed by atoms with Gasteiger partial charge in [-0.1, -0.05) is 35.9 Å². The highest BCUT2D eigenvalue weighted by molar-refractivity contribution is 7.98. The predicted octanol–water partition coefficient (Wildman–Crippen LogP) is 2.78. The molecule has 1 heterocycles. The number of aromatic nitrogens is 2. The van der Waals surface area contributed by atoms with Crippen LogP contribution in [0.15, 0.2) is 58.1 Å². The average Bonchev–Trinajstić information content (AvgIpc) is 2.71. The first-order valence-electron chi connectivity index (χ1n) is 8.85. The summed E-state index contributed by atoms with van der Waals surface area (Å²) < 4.78 is 1.19. The van der Waals surface area contributed by atoms with Crippen LogP contribution >= 0.6 is 23.4 Å². The summed E-state index contributed by atoms with van der Waals surface area (Å²) in [5.74, 6) is 1.47. The van der Waals surface area contributed by atoms with Crippen molar-refractivity contribution in [3.8, 4) is 0 Å². The predicted molar refractivity (Wildman–Crippen MR) is 114 cm³/mol.